The van der Waals surface area contributed by atoms with Crippen LogP contribution in [0.15, 0.2) is 35.4 Å². The van der Waals surface area contributed by atoms with Gasteiger partial charge in [0.1, 0.15) is 18.1 Å². The van der Waals surface area contributed by atoms with Gasteiger partial charge in [0.05, 0.1) is 23.9 Å². The minimum atomic E-state index is -0.373. The fourth-order valence-corrected chi connectivity index (χ4v) is 2.14. The summed E-state index contributed by atoms with van der Waals surface area (Å²) in [5.41, 5.74) is 3.12. The Morgan fingerprint density at radius 3 is 2.77 bits per heavy atom. The molecule has 0 unspecified atom stereocenters. The van der Waals surface area contributed by atoms with Crippen molar-refractivity contribution in [1.29, 1.82) is 0 Å². The first kappa shape index (κ1) is 15.8. The standard InChI is InChI=1S/C17H19NO4/c1-5-6-13-9-14(17(19)20-4)7-8-16(13)21-10-15-11(2)18-22-12(15)3/h5,7-9H,1,6,10H2,2-4H3. The predicted molar refractivity (Wildman–Crippen MR) is 82.0 cm³/mol. The molecule has 0 fully saturated rings. The average molecular weight is 301 g/mol. The number of hydrogen-bond donors (Lipinski definition) is 0. The highest BCUT2D eigenvalue weighted by Gasteiger charge is 2.13. The van der Waals surface area contributed by atoms with Crippen molar-refractivity contribution in [3.8, 4) is 5.75 Å². The molecule has 2 rings (SSSR count). The number of hydrogen-bond acceptors (Lipinski definition) is 5. The summed E-state index contributed by atoms with van der Waals surface area (Å²) in [6.45, 7) is 7.82. The normalized spacial score (nSPS) is 10.3. The fraction of sp³-hybridized carbons (Fsp3) is 0.294. The number of carbonyl (C=O) groups is 1. The Bertz CT molecular complexity index is 668. The van der Waals surface area contributed by atoms with Gasteiger partial charge in [0.2, 0.25) is 0 Å². The Balaban J connectivity index is 2.22. The third-order valence-corrected chi connectivity index (χ3v) is 3.40. The monoisotopic (exact) mass is 301 g/mol. The van der Waals surface area contributed by atoms with E-state index in [9.17, 15) is 4.79 Å². The third-order valence-electron chi connectivity index (χ3n) is 3.40. The van der Waals surface area contributed by atoms with Crippen molar-refractivity contribution in [2.75, 3.05) is 7.11 Å². The molecule has 0 spiro atoms. The molecule has 0 atom stereocenters. The van der Waals surface area contributed by atoms with Crippen LogP contribution in [0.1, 0.15) is 32.9 Å². The van der Waals surface area contributed by atoms with Gasteiger partial charge in [-0.2, -0.15) is 0 Å². The molecule has 0 N–H and O–H groups in total. The molecule has 5 heteroatoms. The predicted octanol–water partition coefficient (Wildman–Crippen LogP) is 3.39. The number of aryl methyl sites for hydroxylation is 2. The van der Waals surface area contributed by atoms with Gasteiger partial charge in [-0.05, 0) is 44.0 Å². The highest BCUT2D eigenvalue weighted by Crippen LogP contribution is 2.24. The van der Waals surface area contributed by atoms with Crippen LogP contribution in [0, 0.1) is 13.8 Å². The molecule has 1 aromatic carbocycles. The molecule has 0 bridgehead atoms. The lowest BCUT2D eigenvalue weighted by atomic mass is 10.1. The lowest BCUT2D eigenvalue weighted by Crippen LogP contribution is -2.04. The first-order valence-corrected chi connectivity index (χ1v) is 6.93. The van der Waals surface area contributed by atoms with Gasteiger partial charge in [0, 0.05) is 0 Å². The van der Waals surface area contributed by atoms with Gasteiger partial charge in [-0.15, -0.1) is 6.58 Å². The zero-order valence-electron chi connectivity index (χ0n) is 13.0. The molecule has 22 heavy (non-hydrogen) atoms. The summed E-state index contributed by atoms with van der Waals surface area (Å²) < 4.78 is 15.7. The van der Waals surface area contributed by atoms with Crippen molar-refractivity contribution < 1.29 is 18.8 Å². The number of ether oxygens (including phenoxy) is 2. The second-order valence-electron chi connectivity index (χ2n) is 4.90. The molecule has 1 aromatic heterocycles. The van der Waals surface area contributed by atoms with Crippen LogP contribution >= 0.6 is 0 Å². The van der Waals surface area contributed by atoms with Gasteiger partial charge in [0.15, 0.2) is 0 Å². The minimum Gasteiger partial charge on any atom is -0.488 e. The maximum Gasteiger partial charge on any atom is 0.337 e. The molecule has 0 amide bonds. The molecular weight excluding hydrogens is 282 g/mol. The molecule has 0 saturated carbocycles. The van der Waals surface area contributed by atoms with Gasteiger partial charge in [-0.1, -0.05) is 11.2 Å². The largest absolute Gasteiger partial charge is 0.488 e. The zero-order valence-corrected chi connectivity index (χ0v) is 13.0. The summed E-state index contributed by atoms with van der Waals surface area (Å²) in [5.74, 6) is 1.07. The van der Waals surface area contributed by atoms with Crippen LogP contribution in [0.2, 0.25) is 0 Å². The van der Waals surface area contributed by atoms with E-state index in [4.69, 9.17) is 14.0 Å². The van der Waals surface area contributed by atoms with E-state index in [1.807, 2.05) is 13.8 Å². The lowest BCUT2D eigenvalue weighted by Gasteiger charge is -2.11. The summed E-state index contributed by atoms with van der Waals surface area (Å²) >= 11 is 0. The van der Waals surface area contributed by atoms with Crippen LogP contribution in [0.5, 0.6) is 5.75 Å². The molecule has 0 aliphatic heterocycles. The molecule has 2 aromatic rings. The molecule has 0 aliphatic carbocycles. The van der Waals surface area contributed by atoms with Crippen molar-refractivity contribution in [1.82, 2.24) is 5.16 Å². The van der Waals surface area contributed by atoms with Crippen LogP contribution in [0.4, 0.5) is 0 Å². The van der Waals surface area contributed by atoms with E-state index in [0.717, 1.165) is 22.6 Å². The van der Waals surface area contributed by atoms with E-state index in [1.54, 1.807) is 24.3 Å². The van der Waals surface area contributed by atoms with E-state index in [2.05, 4.69) is 11.7 Å². The Hall–Kier alpha value is -2.56. The Labute approximate surface area is 129 Å². The number of esters is 1. The second-order valence-corrected chi connectivity index (χ2v) is 4.90. The number of carbonyl (C=O) groups excluding carboxylic acids is 1. The minimum absolute atomic E-state index is 0.364. The van der Waals surface area contributed by atoms with Crippen molar-refractivity contribution in [3.63, 3.8) is 0 Å². The number of allylic oxidation sites excluding steroid dienone is 1. The number of nitrogens with zero attached hydrogens (tertiary/aromatic N) is 1. The maximum absolute atomic E-state index is 11.6. The van der Waals surface area contributed by atoms with Crippen LogP contribution < -0.4 is 4.74 Å². The average Bonchev–Trinajstić information content (AvgIpc) is 2.84. The summed E-state index contributed by atoms with van der Waals surface area (Å²) in [4.78, 5) is 11.6. The summed E-state index contributed by atoms with van der Waals surface area (Å²) in [6, 6.07) is 5.21. The van der Waals surface area contributed by atoms with E-state index < -0.39 is 0 Å². The molecule has 5 nitrogen and oxygen atoms in total. The molecule has 116 valence electrons. The fourth-order valence-electron chi connectivity index (χ4n) is 2.14. The van der Waals surface area contributed by atoms with Crippen molar-refractivity contribution >= 4 is 5.97 Å². The van der Waals surface area contributed by atoms with Gasteiger partial charge >= 0.3 is 5.97 Å². The van der Waals surface area contributed by atoms with E-state index in [1.165, 1.54) is 7.11 Å². The number of aromatic nitrogens is 1. The lowest BCUT2D eigenvalue weighted by molar-refractivity contribution is 0.0600. The number of benzene rings is 1. The SMILES string of the molecule is C=CCc1cc(C(=O)OC)ccc1OCc1c(C)noc1C. The Morgan fingerprint density at radius 1 is 1.41 bits per heavy atom. The molecule has 0 radical (unpaired) electrons. The van der Waals surface area contributed by atoms with Crippen LogP contribution in [0.25, 0.3) is 0 Å². The van der Waals surface area contributed by atoms with Crippen molar-refractivity contribution in [2.45, 2.75) is 26.9 Å². The van der Waals surface area contributed by atoms with Gasteiger partial charge in [0.25, 0.3) is 0 Å². The molecule has 0 saturated heterocycles. The van der Waals surface area contributed by atoms with Crippen LogP contribution in [-0.4, -0.2) is 18.2 Å². The molecule has 1 heterocycles. The quantitative estimate of drug-likeness (QED) is 0.604. The smallest absolute Gasteiger partial charge is 0.337 e. The number of methoxy groups -OCH3 is 1. The van der Waals surface area contributed by atoms with E-state index in [-0.39, 0.29) is 5.97 Å². The first-order valence-electron chi connectivity index (χ1n) is 6.93. The summed E-state index contributed by atoms with van der Waals surface area (Å²) in [6.07, 6.45) is 2.36. The maximum atomic E-state index is 11.6. The van der Waals surface area contributed by atoms with Crippen molar-refractivity contribution in [3.05, 3.63) is 59.0 Å². The van der Waals surface area contributed by atoms with Gasteiger partial charge < -0.3 is 14.0 Å². The van der Waals surface area contributed by atoms with E-state index >= 15 is 0 Å². The summed E-state index contributed by atoms with van der Waals surface area (Å²) in [7, 11) is 1.36. The highest BCUT2D eigenvalue weighted by atomic mass is 16.5. The topological polar surface area (TPSA) is 61.6 Å². The Morgan fingerprint density at radius 2 is 2.18 bits per heavy atom. The van der Waals surface area contributed by atoms with Gasteiger partial charge in [-0.25, -0.2) is 4.79 Å². The zero-order chi connectivity index (χ0) is 16.1. The molecule has 0 aliphatic rings. The first-order chi connectivity index (χ1) is 10.6. The van der Waals surface area contributed by atoms with Crippen LogP contribution in [-0.2, 0) is 17.8 Å². The van der Waals surface area contributed by atoms with Gasteiger partial charge in [-0.3, -0.25) is 0 Å². The van der Waals surface area contributed by atoms with E-state index in [0.29, 0.717) is 24.3 Å². The molecular formula is C17H19NO4. The Kier molecular flexibility index (Phi) is 4.99. The third kappa shape index (κ3) is 3.36. The van der Waals surface area contributed by atoms with Crippen molar-refractivity contribution in [2.24, 2.45) is 0 Å². The number of rotatable bonds is 6. The van der Waals surface area contributed by atoms with Crippen LogP contribution in [0.3, 0.4) is 0 Å². The highest BCUT2D eigenvalue weighted by molar-refractivity contribution is 5.89. The summed E-state index contributed by atoms with van der Waals surface area (Å²) in [5, 5.41) is 3.90. The second kappa shape index (κ2) is 6.93.